The summed E-state index contributed by atoms with van der Waals surface area (Å²) < 4.78 is 0. The van der Waals surface area contributed by atoms with Gasteiger partial charge in [0.1, 0.15) is 18.1 Å². The number of nitrogens with one attached hydrogen (secondary N) is 3. The minimum atomic E-state index is -1.04. The lowest BCUT2D eigenvalue weighted by Gasteiger charge is -2.34. The van der Waals surface area contributed by atoms with E-state index in [1.54, 1.807) is 19.9 Å². The Bertz CT molecular complexity index is 1390. The van der Waals surface area contributed by atoms with Crippen LogP contribution in [0.25, 0.3) is 17.0 Å². The van der Waals surface area contributed by atoms with E-state index in [0.29, 0.717) is 24.4 Å². The van der Waals surface area contributed by atoms with Crippen molar-refractivity contribution >= 4 is 52.3 Å². The number of carboxylic acids is 1. The van der Waals surface area contributed by atoms with Crippen LogP contribution < -0.4 is 16.1 Å². The summed E-state index contributed by atoms with van der Waals surface area (Å²) in [5, 5.41) is 17.6. The zero-order valence-electron chi connectivity index (χ0n) is 25.4. The van der Waals surface area contributed by atoms with Gasteiger partial charge in [-0.3, -0.25) is 29.2 Å². The molecule has 3 atom stereocenters. The summed E-state index contributed by atoms with van der Waals surface area (Å²) in [5.74, 6) is -2.58. The van der Waals surface area contributed by atoms with E-state index in [4.69, 9.17) is 16.6 Å². The third-order valence-corrected chi connectivity index (χ3v) is 7.93. The molecule has 2 heterocycles. The van der Waals surface area contributed by atoms with Gasteiger partial charge in [0.05, 0.1) is 16.0 Å². The molecule has 1 aromatic carbocycles. The molecular formula is C31H42ClN5O5. The number of aryl methyl sites for hydroxylation is 2. The van der Waals surface area contributed by atoms with Gasteiger partial charge in [-0.1, -0.05) is 56.7 Å². The Hall–Kier alpha value is -3.50. The smallest absolute Gasteiger partial charge is 0.322 e. The van der Waals surface area contributed by atoms with Crippen LogP contribution in [-0.4, -0.2) is 63.5 Å². The highest BCUT2D eigenvalue weighted by molar-refractivity contribution is 6.35. The topological polar surface area (TPSA) is 141 Å². The fourth-order valence-corrected chi connectivity index (χ4v) is 5.05. The highest BCUT2D eigenvalue weighted by atomic mass is 35.5. The summed E-state index contributed by atoms with van der Waals surface area (Å²) in [7, 11) is 0. The lowest BCUT2D eigenvalue weighted by atomic mass is 9.89. The molecule has 4 N–H and O–H groups in total. The predicted octanol–water partition coefficient (Wildman–Crippen LogP) is 4.02. The van der Waals surface area contributed by atoms with E-state index in [0.717, 1.165) is 34.1 Å². The summed E-state index contributed by atoms with van der Waals surface area (Å²) in [6.45, 7) is 13.0. The van der Waals surface area contributed by atoms with Crippen molar-refractivity contribution in [3.05, 3.63) is 46.1 Å². The van der Waals surface area contributed by atoms with Gasteiger partial charge in [-0.05, 0) is 70.1 Å². The van der Waals surface area contributed by atoms with Gasteiger partial charge in [0, 0.05) is 17.6 Å². The quantitative estimate of drug-likeness (QED) is 0.323. The molecule has 0 bridgehead atoms. The number of hydrogen-bond donors (Lipinski definition) is 4. The molecule has 0 radical (unpaired) electrons. The maximum absolute atomic E-state index is 13.4. The van der Waals surface area contributed by atoms with E-state index in [1.807, 2.05) is 52.0 Å². The van der Waals surface area contributed by atoms with E-state index in [2.05, 4.69) is 16.1 Å². The number of rotatable bonds is 10. The molecule has 2 aromatic rings. The van der Waals surface area contributed by atoms with Crippen molar-refractivity contribution in [2.24, 2.45) is 11.3 Å². The van der Waals surface area contributed by atoms with Crippen LogP contribution in [0, 0.1) is 18.3 Å². The Balaban J connectivity index is 1.70. The molecule has 1 aliphatic rings. The molecule has 3 unspecified atom stereocenters. The Labute approximate surface area is 252 Å². The number of carbonyl (C=O) groups excluding carboxylic acids is 3. The average Bonchev–Trinajstić information content (AvgIpc) is 2.94. The van der Waals surface area contributed by atoms with Crippen molar-refractivity contribution in [2.45, 2.75) is 85.9 Å². The summed E-state index contributed by atoms with van der Waals surface area (Å²) in [6.07, 6.45) is 5.39. The first-order valence-corrected chi connectivity index (χ1v) is 14.7. The first kappa shape index (κ1) is 33.0. The number of aliphatic carboxylic acids is 1. The van der Waals surface area contributed by atoms with Gasteiger partial charge in [0.15, 0.2) is 0 Å². The second-order valence-electron chi connectivity index (χ2n) is 11.8. The zero-order valence-corrected chi connectivity index (χ0v) is 26.1. The number of carbonyl (C=O) groups is 4. The van der Waals surface area contributed by atoms with Gasteiger partial charge in [-0.15, -0.1) is 0 Å². The number of carboxylic acid groups (broad SMARTS) is 1. The van der Waals surface area contributed by atoms with Crippen LogP contribution in [0.4, 0.5) is 0 Å². The fraction of sp³-hybridized carbons (Fsp3) is 0.516. The Morgan fingerprint density at radius 2 is 1.90 bits per heavy atom. The largest absolute Gasteiger partial charge is 0.480 e. The SMILES string of the molecule is CCc1cc(Cl)c2ccc(C=CC(C)(C)C(=O)NC(C(=O)NC(C)C(=O)N3CCCC(C(=O)O)N3)C(C)C)c(C)c2n1. The lowest BCUT2D eigenvalue weighted by Crippen LogP contribution is -2.61. The summed E-state index contributed by atoms with van der Waals surface area (Å²) in [5.41, 5.74) is 5.33. The summed E-state index contributed by atoms with van der Waals surface area (Å²) in [6, 6.07) is 3.08. The Morgan fingerprint density at radius 1 is 1.21 bits per heavy atom. The van der Waals surface area contributed by atoms with Crippen LogP contribution in [0.2, 0.25) is 5.02 Å². The van der Waals surface area contributed by atoms with Crippen LogP contribution in [0.1, 0.15) is 71.2 Å². The third-order valence-electron chi connectivity index (χ3n) is 7.62. The minimum absolute atomic E-state index is 0.258. The molecular weight excluding hydrogens is 558 g/mol. The molecule has 228 valence electrons. The molecule has 1 aliphatic heterocycles. The normalized spacial score (nSPS) is 17.4. The second-order valence-corrected chi connectivity index (χ2v) is 12.2. The van der Waals surface area contributed by atoms with Gasteiger partial charge >= 0.3 is 5.97 Å². The van der Waals surface area contributed by atoms with Gasteiger partial charge in [0.25, 0.3) is 5.91 Å². The van der Waals surface area contributed by atoms with Crippen molar-refractivity contribution in [3.8, 4) is 0 Å². The minimum Gasteiger partial charge on any atom is -0.480 e. The summed E-state index contributed by atoms with van der Waals surface area (Å²) >= 11 is 6.47. The van der Waals surface area contributed by atoms with Crippen molar-refractivity contribution in [3.63, 3.8) is 0 Å². The first-order chi connectivity index (χ1) is 19.7. The highest BCUT2D eigenvalue weighted by Gasteiger charge is 2.34. The molecule has 3 rings (SSSR count). The van der Waals surface area contributed by atoms with Crippen LogP contribution >= 0.6 is 11.6 Å². The molecule has 0 saturated carbocycles. The van der Waals surface area contributed by atoms with Crippen molar-refractivity contribution in [1.82, 2.24) is 26.1 Å². The monoisotopic (exact) mass is 599 g/mol. The molecule has 1 aromatic heterocycles. The average molecular weight is 600 g/mol. The molecule has 0 spiro atoms. The standard InChI is InChI=1S/C31H42ClN5O5/c1-8-21-16-23(32)22-12-11-20(18(4)26(22)34-21)13-14-31(6,7)30(42)35-25(17(2)3)27(38)33-19(5)28(39)37-15-9-10-24(36-37)29(40)41/h11-14,16-17,19,24-25,36H,8-10,15H2,1-7H3,(H,33,38)(H,35,42)(H,40,41). The number of pyridine rings is 1. The number of halogens is 1. The molecule has 42 heavy (non-hydrogen) atoms. The Kier molecular flexibility index (Phi) is 10.7. The van der Waals surface area contributed by atoms with Crippen LogP contribution in [0.3, 0.4) is 0 Å². The van der Waals surface area contributed by atoms with E-state index in [-0.39, 0.29) is 11.8 Å². The number of nitrogens with zero attached hydrogens (tertiary/aromatic N) is 2. The number of benzene rings is 1. The molecule has 0 aliphatic carbocycles. The van der Waals surface area contributed by atoms with Crippen LogP contribution in [0.5, 0.6) is 0 Å². The molecule has 1 saturated heterocycles. The maximum Gasteiger partial charge on any atom is 0.322 e. The van der Waals surface area contributed by atoms with Crippen LogP contribution in [-0.2, 0) is 25.6 Å². The fourth-order valence-electron chi connectivity index (χ4n) is 4.77. The molecule has 10 nitrogen and oxygen atoms in total. The lowest BCUT2D eigenvalue weighted by molar-refractivity contribution is -0.148. The van der Waals surface area contributed by atoms with Gasteiger partial charge in [-0.25, -0.2) is 5.43 Å². The third kappa shape index (κ3) is 7.66. The number of fused-ring (bicyclic) bond motifs is 1. The number of hydrazine groups is 1. The zero-order chi connectivity index (χ0) is 31.4. The van der Waals surface area contributed by atoms with E-state index in [1.165, 1.54) is 11.9 Å². The predicted molar refractivity (Wildman–Crippen MR) is 164 cm³/mol. The molecule has 11 heteroatoms. The van der Waals surface area contributed by atoms with Crippen LogP contribution in [0.15, 0.2) is 24.3 Å². The molecule has 1 fully saturated rings. The van der Waals surface area contributed by atoms with E-state index < -0.39 is 41.3 Å². The van der Waals surface area contributed by atoms with Crippen molar-refractivity contribution in [2.75, 3.05) is 6.54 Å². The number of hydrogen-bond acceptors (Lipinski definition) is 6. The van der Waals surface area contributed by atoms with Gasteiger partial charge < -0.3 is 15.7 Å². The first-order valence-electron chi connectivity index (χ1n) is 14.4. The highest BCUT2D eigenvalue weighted by Crippen LogP contribution is 2.29. The second kappa shape index (κ2) is 13.6. The number of aromatic nitrogens is 1. The van der Waals surface area contributed by atoms with Gasteiger partial charge in [0.2, 0.25) is 11.8 Å². The molecule has 3 amide bonds. The maximum atomic E-state index is 13.4. The van der Waals surface area contributed by atoms with Crippen molar-refractivity contribution in [1.29, 1.82) is 0 Å². The Morgan fingerprint density at radius 3 is 2.52 bits per heavy atom. The van der Waals surface area contributed by atoms with Crippen molar-refractivity contribution < 1.29 is 24.3 Å². The van der Waals surface area contributed by atoms with E-state index >= 15 is 0 Å². The summed E-state index contributed by atoms with van der Waals surface area (Å²) in [4.78, 5) is 55.6. The number of amides is 3. The van der Waals surface area contributed by atoms with E-state index in [9.17, 15) is 24.3 Å². The van der Waals surface area contributed by atoms with Gasteiger partial charge in [-0.2, -0.15) is 0 Å².